The number of hydrogen-bond acceptors (Lipinski definition) is 3. The first-order valence-corrected chi connectivity index (χ1v) is 8.33. The van der Waals surface area contributed by atoms with Gasteiger partial charge in [-0.15, -0.1) is 0 Å². The predicted octanol–water partition coefficient (Wildman–Crippen LogP) is 4.25. The van der Waals surface area contributed by atoms with Crippen LogP contribution < -0.4 is 5.32 Å². The molecule has 1 heterocycles. The second-order valence-corrected chi connectivity index (χ2v) is 6.74. The second-order valence-electron chi connectivity index (χ2n) is 5.45. The van der Waals surface area contributed by atoms with E-state index in [1.54, 1.807) is 0 Å². The highest BCUT2D eigenvalue weighted by Crippen LogP contribution is 2.31. The van der Waals surface area contributed by atoms with E-state index >= 15 is 0 Å². The smallest absolute Gasteiger partial charge is 0.161 e. The average Bonchev–Trinajstić information content (AvgIpc) is 2.87. The second kappa shape index (κ2) is 6.00. The molecule has 0 aromatic heterocycles. The van der Waals surface area contributed by atoms with Gasteiger partial charge in [0.15, 0.2) is 5.17 Å². The van der Waals surface area contributed by atoms with Crippen LogP contribution in [0.3, 0.4) is 0 Å². The zero-order chi connectivity index (χ0) is 13.1. The number of thioether (sulfide) groups is 1. The lowest BCUT2D eigenvalue weighted by Crippen LogP contribution is -2.12. The molecule has 0 bridgehead atoms. The Kier molecular flexibility index (Phi) is 4.12. The molecule has 102 valence electrons. The van der Waals surface area contributed by atoms with Crippen LogP contribution >= 0.6 is 11.8 Å². The summed E-state index contributed by atoms with van der Waals surface area (Å²) >= 11 is 1.92. The highest BCUT2D eigenvalue weighted by Gasteiger charge is 2.20. The van der Waals surface area contributed by atoms with E-state index in [1.165, 1.54) is 55.3 Å². The summed E-state index contributed by atoms with van der Waals surface area (Å²) in [7, 11) is 0. The molecule has 0 spiro atoms. The molecule has 0 fully saturated rings. The van der Waals surface area contributed by atoms with Gasteiger partial charge >= 0.3 is 0 Å². The van der Waals surface area contributed by atoms with Crippen molar-refractivity contribution in [3.05, 3.63) is 29.3 Å². The zero-order valence-corrected chi connectivity index (χ0v) is 12.4. The van der Waals surface area contributed by atoms with Crippen molar-refractivity contribution >= 4 is 22.6 Å². The van der Waals surface area contributed by atoms with Crippen LogP contribution in [0.2, 0.25) is 0 Å². The van der Waals surface area contributed by atoms with Crippen LogP contribution in [-0.4, -0.2) is 17.0 Å². The first-order valence-electron chi connectivity index (χ1n) is 7.45. The van der Waals surface area contributed by atoms with Gasteiger partial charge in [-0.25, -0.2) is 0 Å². The minimum atomic E-state index is 0.687. The largest absolute Gasteiger partial charge is 0.335 e. The molecule has 2 nitrogen and oxygen atoms in total. The molecule has 0 saturated carbocycles. The lowest BCUT2D eigenvalue weighted by atomic mass is 9.90. The first-order chi connectivity index (χ1) is 9.36. The Morgan fingerprint density at radius 3 is 3.11 bits per heavy atom. The Balaban J connectivity index is 1.71. The normalized spacial score (nSPS) is 21.9. The molecule has 1 aliphatic heterocycles. The van der Waals surface area contributed by atoms with Gasteiger partial charge in [0.2, 0.25) is 0 Å². The minimum absolute atomic E-state index is 0.687. The Labute approximate surface area is 120 Å². The monoisotopic (exact) mass is 274 g/mol. The molecule has 3 rings (SSSR count). The van der Waals surface area contributed by atoms with Crippen molar-refractivity contribution in [2.75, 3.05) is 11.9 Å². The van der Waals surface area contributed by atoms with Crippen LogP contribution in [0, 0.1) is 0 Å². The number of aliphatic imine (C=N–C) groups is 1. The Bertz CT molecular complexity index is 482. The van der Waals surface area contributed by atoms with Gasteiger partial charge in [0.05, 0.1) is 6.54 Å². The summed E-state index contributed by atoms with van der Waals surface area (Å²) in [5.41, 5.74) is 4.35. The van der Waals surface area contributed by atoms with E-state index in [9.17, 15) is 0 Å². The van der Waals surface area contributed by atoms with Crippen LogP contribution in [0.4, 0.5) is 5.69 Å². The molecule has 0 saturated heterocycles. The maximum atomic E-state index is 4.65. The van der Waals surface area contributed by atoms with Crippen LogP contribution in [0.5, 0.6) is 0 Å². The Morgan fingerprint density at radius 1 is 1.32 bits per heavy atom. The molecule has 1 N–H and O–H groups in total. The molecule has 1 aromatic rings. The third kappa shape index (κ3) is 2.97. The number of hydrogen-bond donors (Lipinski definition) is 1. The highest BCUT2D eigenvalue weighted by molar-refractivity contribution is 8.15. The summed E-state index contributed by atoms with van der Waals surface area (Å²) < 4.78 is 0. The number of rotatable bonds is 3. The van der Waals surface area contributed by atoms with Crippen molar-refractivity contribution in [2.45, 2.75) is 50.7 Å². The topological polar surface area (TPSA) is 24.4 Å². The standard InChI is InChI=1S/C16H22N2S/c1-2-6-13-11-17-16(19-13)18-15-10-5-8-12-7-3-4-9-14(12)15/h5,8,10,13H,2-4,6-7,9,11H2,1H3,(H,17,18). The number of fused-ring (bicyclic) bond motifs is 1. The summed E-state index contributed by atoms with van der Waals surface area (Å²) in [6, 6.07) is 6.67. The maximum absolute atomic E-state index is 4.65. The van der Waals surface area contributed by atoms with Crippen molar-refractivity contribution in [3.63, 3.8) is 0 Å². The number of anilines is 1. The number of benzene rings is 1. The van der Waals surface area contributed by atoms with Crippen LogP contribution in [0.15, 0.2) is 23.2 Å². The van der Waals surface area contributed by atoms with E-state index in [1.807, 2.05) is 11.8 Å². The molecule has 1 aromatic carbocycles. The molecular formula is C16H22N2S. The van der Waals surface area contributed by atoms with Gasteiger partial charge < -0.3 is 5.32 Å². The number of amidine groups is 1. The van der Waals surface area contributed by atoms with Gasteiger partial charge in [0.25, 0.3) is 0 Å². The van der Waals surface area contributed by atoms with Gasteiger partial charge in [-0.2, -0.15) is 0 Å². The molecular weight excluding hydrogens is 252 g/mol. The molecule has 19 heavy (non-hydrogen) atoms. The van der Waals surface area contributed by atoms with Crippen LogP contribution in [-0.2, 0) is 12.8 Å². The fourth-order valence-electron chi connectivity index (χ4n) is 2.97. The molecule has 1 aliphatic carbocycles. The summed E-state index contributed by atoms with van der Waals surface area (Å²) in [5.74, 6) is 0. The Hall–Kier alpha value is -0.960. The van der Waals surface area contributed by atoms with Gasteiger partial charge in [-0.1, -0.05) is 37.2 Å². The molecule has 2 aliphatic rings. The molecule has 0 radical (unpaired) electrons. The lowest BCUT2D eigenvalue weighted by molar-refractivity contribution is 0.687. The minimum Gasteiger partial charge on any atom is -0.335 e. The summed E-state index contributed by atoms with van der Waals surface area (Å²) in [6.07, 6.45) is 7.64. The van der Waals surface area contributed by atoms with Crippen molar-refractivity contribution in [2.24, 2.45) is 4.99 Å². The van der Waals surface area contributed by atoms with Crippen molar-refractivity contribution < 1.29 is 0 Å². The van der Waals surface area contributed by atoms with Crippen LogP contribution in [0.25, 0.3) is 0 Å². The maximum Gasteiger partial charge on any atom is 0.161 e. The molecule has 1 unspecified atom stereocenters. The van der Waals surface area contributed by atoms with E-state index in [4.69, 9.17) is 0 Å². The average molecular weight is 274 g/mol. The number of nitrogens with zero attached hydrogens (tertiary/aromatic N) is 1. The van der Waals surface area contributed by atoms with Crippen LogP contribution in [0.1, 0.15) is 43.7 Å². The summed E-state index contributed by atoms with van der Waals surface area (Å²) in [6.45, 7) is 3.23. The van der Waals surface area contributed by atoms with Gasteiger partial charge in [0.1, 0.15) is 0 Å². The predicted molar refractivity (Wildman–Crippen MR) is 85.3 cm³/mol. The zero-order valence-electron chi connectivity index (χ0n) is 11.6. The number of nitrogens with one attached hydrogen (secondary N) is 1. The lowest BCUT2D eigenvalue weighted by Gasteiger charge is -2.20. The highest BCUT2D eigenvalue weighted by atomic mass is 32.2. The van der Waals surface area contributed by atoms with Gasteiger partial charge in [-0.3, -0.25) is 4.99 Å². The van der Waals surface area contributed by atoms with Gasteiger partial charge in [0, 0.05) is 10.9 Å². The third-order valence-corrected chi connectivity index (χ3v) is 5.14. The summed E-state index contributed by atoms with van der Waals surface area (Å²) in [5, 5.41) is 5.38. The van der Waals surface area contributed by atoms with E-state index in [2.05, 4.69) is 35.4 Å². The van der Waals surface area contributed by atoms with Gasteiger partial charge in [-0.05, 0) is 49.3 Å². The van der Waals surface area contributed by atoms with Crippen molar-refractivity contribution in [1.82, 2.24) is 0 Å². The molecule has 1 atom stereocenters. The van der Waals surface area contributed by atoms with E-state index in [0.717, 1.165) is 11.7 Å². The SMILES string of the molecule is CCCC1CN=C(Nc2cccc3c2CCCC3)S1. The fourth-order valence-corrected chi connectivity index (χ4v) is 4.11. The quantitative estimate of drug-likeness (QED) is 0.891. The van der Waals surface area contributed by atoms with E-state index < -0.39 is 0 Å². The van der Waals surface area contributed by atoms with Crippen molar-refractivity contribution in [1.29, 1.82) is 0 Å². The first kappa shape index (κ1) is 13.0. The van der Waals surface area contributed by atoms with E-state index in [-0.39, 0.29) is 0 Å². The Morgan fingerprint density at radius 2 is 2.21 bits per heavy atom. The molecule has 0 amide bonds. The third-order valence-electron chi connectivity index (χ3n) is 3.97. The van der Waals surface area contributed by atoms with E-state index in [0.29, 0.717) is 5.25 Å². The molecule has 3 heteroatoms. The fraction of sp³-hybridized carbons (Fsp3) is 0.562. The van der Waals surface area contributed by atoms with Crippen molar-refractivity contribution in [3.8, 4) is 0 Å². The summed E-state index contributed by atoms with van der Waals surface area (Å²) in [4.78, 5) is 4.65. The number of aryl methyl sites for hydroxylation is 1.